The highest BCUT2D eigenvalue weighted by molar-refractivity contribution is 5.94. The molecule has 20 heavy (non-hydrogen) atoms. The lowest BCUT2D eigenvalue weighted by atomic mass is 10.0. The Labute approximate surface area is 121 Å². The molecule has 0 aliphatic heterocycles. The number of amides is 2. The molecule has 0 atom stereocenters. The first-order valence-electron chi connectivity index (χ1n) is 6.98. The number of rotatable bonds is 5. The maximum absolute atomic E-state index is 11.9. The molecule has 4 heteroatoms. The largest absolute Gasteiger partial charge is 0.331 e. The molecule has 0 spiro atoms. The second-order valence-electron chi connectivity index (χ2n) is 5.57. The average molecular weight is 276 g/mol. The highest BCUT2D eigenvalue weighted by atomic mass is 16.2. The summed E-state index contributed by atoms with van der Waals surface area (Å²) in [4.78, 5) is 24.9. The van der Waals surface area contributed by atoms with Crippen LogP contribution in [0.2, 0.25) is 0 Å². The van der Waals surface area contributed by atoms with Crippen LogP contribution >= 0.6 is 0 Å². The van der Waals surface area contributed by atoms with Gasteiger partial charge in [-0.1, -0.05) is 26.0 Å². The third-order valence-corrected chi connectivity index (χ3v) is 3.20. The van der Waals surface area contributed by atoms with Crippen molar-refractivity contribution in [1.29, 1.82) is 0 Å². The average Bonchev–Trinajstić information content (AvgIpc) is 2.35. The van der Waals surface area contributed by atoms with Crippen LogP contribution in [0.1, 0.15) is 46.1 Å². The second-order valence-corrected chi connectivity index (χ2v) is 5.57. The third kappa shape index (κ3) is 4.68. The zero-order chi connectivity index (χ0) is 15.3. The summed E-state index contributed by atoms with van der Waals surface area (Å²) < 4.78 is 0. The first kappa shape index (κ1) is 16.2. The van der Waals surface area contributed by atoms with Gasteiger partial charge in [0.2, 0.25) is 11.8 Å². The van der Waals surface area contributed by atoms with E-state index in [1.807, 2.05) is 38.1 Å². The summed E-state index contributed by atoms with van der Waals surface area (Å²) in [6.07, 6.45) is 0. The summed E-state index contributed by atoms with van der Waals surface area (Å²) in [5, 5.41) is 2.82. The van der Waals surface area contributed by atoms with Gasteiger partial charge in [0.15, 0.2) is 0 Å². The Kier molecular flexibility index (Phi) is 5.74. The predicted molar refractivity (Wildman–Crippen MR) is 81.7 cm³/mol. The minimum Gasteiger partial charge on any atom is -0.331 e. The van der Waals surface area contributed by atoms with Gasteiger partial charge < -0.3 is 10.2 Å². The van der Waals surface area contributed by atoms with E-state index in [2.05, 4.69) is 19.2 Å². The molecule has 1 aromatic carbocycles. The number of hydrogen-bond acceptors (Lipinski definition) is 2. The molecular formula is C16H24N2O2. The van der Waals surface area contributed by atoms with Crippen LogP contribution in [0.3, 0.4) is 0 Å². The highest BCUT2D eigenvalue weighted by Crippen LogP contribution is 2.17. The van der Waals surface area contributed by atoms with Crippen molar-refractivity contribution in [2.24, 2.45) is 0 Å². The van der Waals surface area contributed by atoms with Crippen LogP contribution in [0.4, 0.5) is 5.69 Å². The fraction of sp³-hybridized carbons (Fsp3) is 0.500. The molecule has 0 radical (unpaired) electrons. The Hall–Kier alpha value is -1.84. The van der Waals surface area contributed by atoms with Crippen LogP contribution in [0, 0.1) is 0 Å². The van der Waals surface area contributed by atoms with Crippen LogP contribution in [-0.2, 0) is 9.59 Å². The van der Waals surface area contributed by atoms with Crippen LogP contribution in [0.15, 0.2) is 24.3 Å². The Bertz CT molecular complexity index is 464. The molecule has 1 aromatic rings. The maximum Gasteiger partial charge on any atom is 0.244 e. The summed E-state index contributed by atoms with van der Waals surface area (Å²) in [6, 6.07) is 7.81. The Morgan fingerprint density at radius 1 is 1.10 bits per heavy atom. The molecule has 0 aromatic heterocycles. The molecule has 110 valence electrons. The number of benzene rings is 1. The van der Waals surface area contributed by atoms with Crippen molar-refractivity contribution in [3.63, 3.8) is 0 Å². The van der Waals surface area contributed by atoms with Gasteiger partial charge in [-0.05, 0) is 37.5 Å². The standard InChI is InChI=1S/C16H24N2O2/c1-11(2)14-6-8-15(9-7-14)17-16(20)10-18(12(3)4)13(5)19/h6-9,11-12H,10H2,1-5H3,(H,17,20). The van der Waals surface area contributed by atoms with Crippen molar-refractivity contribution >= 4 is 17.5 Å². The van der Waals surface area contributed by atoms with Crippen molar-refractivity contribution in [3.05, 3.63) is 29.8 Å². The van der Waals surface area contributed by atoms with Crippen LogP contribution in [-0.4, -0.2) is 29.3 Å². The van der Waals surface area contributed by atoms with Crippen LogP contribution in [0.25, 0.3) is 0 Å². The van der Waals surface area contributed by atoms with Crippen molar-refractivity contribution in [2.45, 2.75) is 46.6 Å². The number of anilines is 1. The monoisotopic (exact) mass is 276 g/mol. The molecule has 0 bridgehead atoms. The van der Waals surface area contributed by atoms with Gasteiger partial charge in [-0.15, -0.1) is 0 Å². The summed E-state index contributed by atoms with van der Waals surface area (Å²) in [5.74, 6) is 0.199. The van der Waals surface area contributed by atoms with Gasteiger partial charge in [0.25, 0.3) is 0 Å². The topological polar surface area (TPSA) is 49.4 Å². The van der Waals surface area contributed by atoms with E-state index in [1.165, 1.54) is 17.4 Å². The van der Waals surface area contributed by atoms with Crippen LogP contribution in [0.5, 0.6) is 0 Å². The Morgan fingerprint density at radius 2 is 1.65 bits per heavy atom. The first-order chi connectivity index (χ1) is 9.31. The smallest absolute Gasteiger partial charge is 0.244 e. The quantitative estimate of drug-likeness (QED) is 0.898. The predicted octanol–water partition coefficient (Wildman–Crippen LogP) is 3.01. The van der Waals surface area contributed by atoms with Crippen LogP contribution < -0.4 is 5.32 Å². The van der Waals surface area contributed by atoms with E-state index in [0.29, 0.717) is 5.92 Å². The molecule has 0 fully saturated rings. The lowest BCUT2D eigenvalue weighted by Crippen LogP contribution is -2.41. The van der Waals surface area contributed by atoms with E-state index < -0.39 is 0 Å². The maximum atomic E-state index is 11.9. The van der Waals surface area contributed by atoms with Gasteiger partial charge in [-0.2, -0.15) is 0 Å². The van der Waals surface area contributed by atoms with Gasteiger partial charge in [-0.3, -0.25) is 9.59 Å². The van der Waals surface area contributed by atoms with Gasteiger partial charge in [0.1, 0.15) is 6.54 Å². The Morgan fingerprint density at radius 3 is 2.05 bits per heavy atom. The van der Waals surface area contributed by atoms with Crippen molar-refractivity contribution in [1.82, 2.24) is 4.90 Å². The van der Waals surface area contributed by atoms with Gasteiger partial charge in [0.05, 0.1) is 0 Å². The third-order valence-electron chi connectivity index (χ3n) is 3.20. The van der Waals surface area contributed by atoms with E-state index in [0.717, 1.165) is 5.69 Å². The molecule has 0 saturated heterocycles. The lowest BCUT2D eigenvalue weighted by Gasteiger charge is -2.24. The summed E-state index contributed by atoms with van der Waals surface area (Å²) >= 11 is 0. The van der Waals surface area contributed by atoms with Gasteiger partial charge in [-0.25, -0.2) is 0 Å². The zero-order valence-electron chi connectivity index (χ0n) is 12.9. The normalized spacial score (nSPS) is 10.8. The lowest BCUT2D eigenvalue weighted by molar-refractivity contribution is -0.134. The van der Waals surface area contributed by atoms with Crippen molar-refractivity contribution < 1.29 is 9.59 Å². The molecule has 1 N–H and O–H groups in total. The molecule has 0 aliphatic rings. The van der Waals surface area contributed by atoms with Crippen molar-refractivity contribution in [2.75, 3.05) is 11.9 Å². The number of carbonyl (C=O) groups is 2. The number of nitrogens with zero attached hydrogens (tertiary/aromatic N) is 1. The fourth-order valence-electron chi connectivity index (χ4n) is 1.96. The summed E-state index contributed by atoms with van der Waals surface area (Å²) in [7, 11) is 0. The minimum absolute atomic E-state index is 0.0153. The molecule has 2 amide bonds. The summed E-state index contributed by atoms with van der Waals surface area (Å²) in [5.41, 5.74) is 1.99. The van der Waals surface area contributed by atoms with Crippen molar-refractivity contribution in [3.8, 4) is 0 Å². The first-order valence-corrected chi connectivity index (χ1v) is 6.98. The van der Waals surface area contributed by atoms with E-state index in [1.54, 1.807) is 0 Å². The second kappa shape index (κ2) is 7.08. The van der Waals surface area contributed by atoms with E-state index in [-0.39, 0.29) is 24.4 Å². The summed E-state index contributed by atoms with van der Waals surface area (Å²) in [6.45, 7) is 9.60. The van der Waals surface area contributed by atoms with E-state index >= 15 is 0 Å². The SMILES string of the molecule is CC(=O)N(CC(=O)Nc1ccc(C(C)C)cc1)C(C)C. The van der Waals surface area contributed by atoms with Gasteiger partial charge in [0, 0.05) is 18.7 Å². The molecular weight excluding hydrogens is 252 g/mol. The van der Waals surface area contributed by atoms with E-state index in [4.69, 9.17) is 0 Å². The fourth-order valence-corrected chi connectivity index (χ4v) is 1.96. The molecule has 0 aliphatic carbocycles. The van der Waals surface area contributed by atoms with E-state index in [9.17, 15) is 9.59 Å². The van der Waals surface area contributed by atoms with Gasteiger partial charge >= 0.3 is 0 Å². The molecule has 0 unspecified atom stereocenters. The highest BCUT2D eigenvalue weighted by Gasteiger charge is 2.16. The molecule has 4 nitrogen and oxygen atoms in total. The molecule has 0 heterocycles. The number of nitrogens with one attached hydrogen (secondary N) is 1. The molecule has 1 rings (SSSR count). The number of hydrogen-bond donors (Lipinski definition) is 1. The zero-order valence-corrected chi connectivity index (χ0v) is 12.9. The number of carbonyl (C=O) groups excluding carboxylic acids is 2. The minimum atomic E-state index is -0.175. The Balaban J connectivity index is 2.64. The molecule has 0 saturated carbocycles.